The van der Waals surface area contributed by atoms with Crippen molar-refractivity contribution in [3.05, 3.63) is 108 Å². The lowest BCUT2D eigenvalue weighted by molar-refractivity contribution is -0.361. The first-order valence-electron chi connectivity index (χ1n) is 17.6. The molecule has 56 heavy (non-hydrogen) atoms. The molecule has 0 spiro atoms. The fourth-order valence-electron chi connectivity index (χ4n) is 6.16. The van der Waals surface area contributed by atoms with Gasteiger partial charge in [0, 0.05) is 27.9 Å². The SMILES string of the molecule is CO[C@@H]1O[C@H](COC(C)=O)[C@H](OC(C)=O)[C@H](OC(C)=O)[C@H]1O[C@@H]1O[C@@H](C)[C@H](OC(=O)c2ccccc2)[C@@H](OC(=O)c2ccccc2)[C@H]1OC(=O)c1ccccc1. The van der Waals surface area contributed by atoms with Crippen LogP contribution in [0.25, 0.3) is 0 Å². The maximum Gasteiger partial charge on any atom is 0.338 e. The van der Waals surface area contributed by atoms with Crippen LogP contribution >= 0.6 is 0 Å². The van der Waals surface area contributed by atoms with Gasteiger partial charge in [0.15, 0.2) is 49.2 Å². The molecular weight excluding hydrogens is 736 g/mol. The first-order valence-corrected chi connectivity index (χ1v) is 17.6. The minimum absolute atomic E-state index is 0.104. The molecule has 0 aromatic heterocycles. The predicted octanol–water partition coefficient (Wildman–Crippen LogP) is 3.59. The Kier molecular flexibility index (Phi) is 14.3. The van der Waals surface area contributed by atoms with Gasteiger partial charge in [-0.3, -0.25) is 14.4 Å². The van der Waals surface area contributed by atoms with E-state index in [1.54, 1.807) is 54.6 Å². The molecule has 0 bridgehead atoms. The van der Waals surface area contributed by atoms with Crippen molar-refractivity contribution >= 4 is 35.8 Å². The van der Waals surface area contributed by atoms with Crippen molar-refractivity contribution in [2.75, 3.05) is 13.7 Å². The molecule has 16 nitrogen and oxygen atoms in total. The van der Waals surface area contributed by atoms with Gasteiger partial charge in [0.05, 0.1) is 22.8 Å². The lowest BCUT2D eigenvalue weighted by atomic mass is 9.96. The van der Waals surface area contributed by atoms with E-state index in [1.165, 1.54) is 50.4 Å². The molecule has 298 valence electrons. The molecule has 0 radical (unpaired) electrons. The van der Waals surface area contributed by atoms with E-state index in [2.05, 4.69) is 0 Å². The van der Waals surface area contributed by atoms with E-state index >= 15 is 0 Å². The summed E-state index contributed by atoms with van der Waals surface area (Å²) in [6.07, 6.45) is -14.6. The van der Waals surface area contributed by atoms with E-state index in [0.29, 0.717) is 0 Å². The van der Waals surface area contributed by atoms with Crippen LogP contribution < -0.4 is 0 Å². The van der Waals surface area contributed by atoms with Crippen molar-refractivity contribution in [1.82, 2.24) is 0 Å². The minimum atomic E-state index is -1.69. The summed E-state index contributed by atoms with van der Waals surface area (Å²) >= 11 is 0. The van der Waals surface area contributed by atoms with E-state index in [-0.39, 0.29) is 16.7 Å². The highest BCUT2D eigenvalue weighted by molar-refractivity contribution is 5.91. The highest BCUT2D eigenvalue weighted by Crippen LogP contribution is 2.36. The van der Waals surface area contributed by atoms with Gasteiger partial charge in [-0.25, -0.2) is 14.4 Å². The van der Waals surface area contributed by atoms with Gasteiger partial charge in [0.2, 0.25) is 0 Å². The van der Waals surface area contributed by atoms with Crippen molar-refractivity contribution in [2.24, 2.45) is 0 Å². The van der Waals surface area contributed by atoms with Crippen LogP contribution in [0.4, 0.5) is 0 Å². The van der Waals surface area contributed by atoms with Crippen LogP contribution in [-0.2, 0) is 61.8 Å². The van der Waals surface area contributed by atoms with E-state index < -0.39 is 104 Å². The molecule has 2 saturated heterocycles. The molecule has 3 aromatic carbocycles. The molecule has 2 aliphatic rings. The zero-order chi connectivity index (χ0) is 40.4. The maximum absolute atomic E-state index is 13.8. The summed E-state index contributed by atoms with van der Waals surface area (Å²) in [5, 5.41) is 0. The van der Waals surface area contributed by atoms with Crippen molar-refractivity contribution in [2.45, 2.75) is 89.1 Å². The number of rotatable bonds is 13. The number of hydrogen-bond acceptors (Lipinski definition) is 16. The van der Waals surface area contributed by atoms with Gasteiger partial charge in [-0.15, -0.1) is 0 Å². The van der Waals surface area contributed by atoms with Gasteiger partial charge in [-0.05, 0) is 43.3 Å². The van der Waals surface area contributed by atoms with Crippen LogP contribution in [-0.4, -0.2) is 111 Å². The summed E-state index contributed by atoms with van der Waals surface area (Å²) in [6.45, 7) is 4.46. The monoisotopic (exact) mass is 778 g/mol. The fourth-order valence-corrected chi connectivity index (χ4v) is 6.16. The molecule has 3 aromatic rings. The van der Waals surface area contributed by atoms with Crippen molar-refractivity contribution in [3.8, 4) is 0 Å². The van der Waals surface area contributed by atoms with Crippen LogP contribution in [0.5, 0.6) is 0 Å². The third kappa shape index (κ3) is 10.5. The zero-order valence-corrected chi connectivity index (χ0v) is 31.2. The molecule has 5 rings (SSSR count). The van der Waals surface area contributed by atoms with Crippen LogP contribution in [0.15, 0.2) is 91.0 Å². The maximum atomic E-state index is 13.8. The Bertz CT molecular complexity index is 1820. The second-order valence-electron chi connectivity index (χ2n) is 12.7. The molecule has 2 aliphatic heterocycles. The molecule has 0 aliphatic carbocycles. The van der Waals surface area contributed by atoms with Crippen molar-refractivity contribution in [3.63, 3.8) is 0 Å². The van der Waals surface area contributed by atoms with Gasteiger partial charge < -0.3 is 47.4 Å². The average molecular weight is 779 g/mol. The lowest BCUT2D eigenvalue weighted by Crippen LogP contribution is -2.66. The van der Waals surface area contributed by atoms with E-state index in [0.717, 1.165) is 20.8 Å². The summed E-state index contributed by atoms with van der Waals surface area (Å²) in [6, 6.07) is 23.9. The Morgan fingerprint density at radius 3 is 1.38 bits per heavy atom. The first-order chi connectivity index (χ1) is 26.9. The minimum Gasteiger partial charge on any atom is -0.463 e. The number of esters is 6. The number of carbonyl (C=O) groups excluding carboxylic acids is 6. The number of benzene rings is 3. The summed E-state index contributed by atoms with van der Waals surface area (Å²) in [5.74, 6) is -4.84. The van der Waals surface area contributed by atoms with Crippen molar-refractivity contribution < 1.29 is 76.1 Å². The van der Waals surface area contributed by atoms with E-state index in [9.17, 15) is 28.8 Å². The number of hydrogen-bond donors (Lipinski definition) is 0. The molecule has 0 amide bonds. The number of ether oxygens (including phenoxy) is 10. The fraction of sp³-hybridized carbons (Fsp3) is 0.400. The molecular formula is C40H42O16. The van der Waals surface area contributed by atoms with Crippen LogP contribution in [0.2, 0.25) is 0 Å². The smallest absolute Gasteiger partial charge is 0.338 e. The second-order valence-corrected chi connectivity index (χ2v) is 12.7. The highest BCUT2D eigenvalue weighted by atomic mass is 16.8. The van der Waals surface area contributed by atoms with E-state index in [4.69, 9.17) is 47.4 Å². The largest absolute Gasteiger partial charge is 0.463 e. The average Bonchev–Trinajstić information content (AvgIpc) is 3.18. The summed E-state index contributed by atoms with van der Waals surface area (Å²) in [5.41, 5.74) is 0.409. The van der Waals surface area contributed by atoms with Gasteiger partial charge in [0.25, 0.3) is 0 Å². The first kappa shape index (κ1) is 41.5. The Balaban J connectivity index is 1.58. The van der Waals surface area contributed by atoms with E-state index in [1.807, 2.05) is 0 Å². The number of carbonyl (C=O) groups is 6. The molecule has 2 fully saturated rings. The number of methoxy groups -OCH3 is 1. The van der Waals surface area contributed by atoms with Gasteiger partial charge in [0.1, 0.15) is 12.7 Å². The quantitative estimate of drug-likeness (QED) is 0.180. The Hall–Kier alpha value is -5.68. The molecule has 16 heteroatoms. The van der Waals surface area contributed by atoms with Crippen molar-refractivity contribution in [1.29, 1.82) is 0 Å². The summed E-state index contributed by atoms with van der Waals surface area (Å²) in [4.78, 5) is 77.6. The second kappa shape index (κ2) is 19.3. The zero-order valence-electron chi connectivity index (χ0n) is 31.2. The molecule has 0 N–H and O–H groups in total. The molecule has 2 heterocycles. The lowest BCUT2D eigenvalue weighted by Gasteiger charge is -2.48. The molecule has 0 unspecified atom stereocenters. The van der Waals surface area contributed by atoms with Crippen LogP contribution in [0.3, 0.4) is 0 Å². The van der Waals surface area contributed by atoms with Gasteiger partial charge in [-0.1, -0.05) is 54.6 Å². The predicted molar refractivity (Wildman–Crippen MR) is 190 cm³/mol. The Labute approximate surface area is 322 Å². The molecule has 0 saturated carbocycles. The van der Waals surface area contributed by atoms with Crippen LogP contribution in [0, 0.1) is 0 Å². The Morgan fingerprint density at radius 2 is 0.929 bits per heavy atom. The third-order valence-electron chi connectivity index (χ3n) is 8.65. The third-order valence-corrected chi connectivity index (χ3v) is 8.65. The summed E-state index contributed by atoms with van der Waals surface area (Å²) in [7, 11) is 1.25. The topological polar surface area (TPSA) is 195 Å². The van der Waals surface area contributed by atoms with Gasteiger partial charge in [-0.2, -0.15) is 0 Å². The van der Waals surface area contributed by atoms with Gasteiger partial charge >= 0.3 is 35.8 Å². The standard InChI is InChI=1S/C40H42O16/c1-22-30(53-36(44)26-15-9-6-10-16-26)32(54-37(45)27-17-11-7-12-18-27)35(55-38(46)28-19-13-8-14-20-28)40(49-22)56-34-33(51-25(4)43)31(50-24(3)42)29(21-48-23(2)41)52-39(34)47-5/h6-20,22,29-35,39-40H,21H2,1-5H3/t22-,29+,30-,31-,32+,33-,34+,35+,39+,40-/m0/s1. The van der Waals surface area contributed by atoms with Crippen LogP contribution in [0.1, 0.15) is 58.8 Å². The normalized spacial score (nSPS) is 27.2. The summed E-state index contributed by atoms with van der Waals surface area (Å²) < 4.78 is 58.7. The Morgan fingerprint density at radius 1 is 0.500 bits per heavy atom. The highest BCUT2D eigenvalue weighted by Gasteiger charge is 2.57. The molecule has 10 atom stereocenters.